The highest BCUT2D eigenvalue weighted by atomic mass is 32.1. The SMILES string of the molecule is C[C@H](C(=O)NCc1ccc2c(c1)OCO2)n1nc(-c2cccs2)cc(N)c1=O. The zero-order chi connectivity index (χ0) is 19.7. The Bertz CT molecular complexity index is 1080. The normalized spacial score (nSPS) is 13.3. The van der Waals surface area contributed by atoms with Crippen molar-refractivity contribution in [3.8, 4) is 22.1 Å². The number of carbonyl (C=O) groups excluding carboxylic acids is 1. The second-order valence-electron chi connectivity index (χ2n) is 6.29. The quantitative estimate of drug-likeness (QED) is 0.682. The minimum Gasteiger partial charge on any atom is -0.454 e. The summed E-state index contributed by atoms with van der Waals surface area (Å²) in [6, 6.07) is 9.93. The largest absolute Gasteiger partial charge is 0.454 e. The average molecular weight is 398 g/mol. The van der Waals surface area contributed by atoms with E-state index in [0.717, 1.165) is 15.1 Å². The minimum absolute atomic E-state index is 0.0498. The molecule has 4 rings (SSSR count). The summed E-state index contributed by atoms with van der Waals surface area (Å²) in [5.74, 6) is 0.990. The van der Waals surface area contributed by atoms with Crippen molar-refractivity contribution in [2.24, 2.45) is 0 Å². The van der Waals surface area contributed by atoms with Crippen LogP contribution in [0.3, 0.4) is 0 Å². The van der Waals surface area contributed by atoms with Gasteiger partial charge in [-0.2, -0.15) is 5.10 Å². The molecule has 3 aromatic rings. The van der Waals surface area contributed by atoms with Crippen LogP contribution in [0.2, 0.25) is 0 Å². The molecule has 3 N–H and O–H groups in total. The maximum atomic E-state index is 12.6. The monoisotopic (exact) mass is 398 g/mol. The molecule has 1 aliphatic heterocycles. The molecule has 1 amide bonds. The Kier molecular flexibility index (Phi) is 4.74. The third kappa shape index (κ3) is 3.44. The number of nitrogens with two attached hydrogens (primary N) is 1. The fourth-order valence-electron chi connectivity index (χ4n) is 2.84. The van der Waals surface area contributed by atoms with Gasteiger partial charge in [0.1, 0.15) is 17.4 Å². The van der Waals surface area contributed by atoms with E-state index >= 15 is 0 Å². The van der Waals surface area contributed by atoms with Crippen LogP contribution in [0.15, 0.2) is 46.6 Å². The number of nitrogens with zero attached hydrogens (tertiary/aromatic N) is 2. The Morgan fingerprint density at radius 1 is 1.32 bits per heavy atom. The topological polar surface area (TPSA) is 108 Å². The van der Waals surface area contributed by atoms with Crippen molar-refractivity contribution in [2.75, 3.05) is 12.5 Å². The number of benzene rings is 1. The number of carbonyl (C=O) groups is 1. The van der Waals surface area contributed by atoms with E-state index in [-0.39, 0.29) is 24.9 Å². The molecule has 2 aromatic heterocycles. The zero-order valence-corrected chi connectivity index (χ0v) is 15.9. The van der Waals surface area contributed by atoms with Crippen LogP contribution in [0.25, 0.3) is 10.6 Å². The van der Waals surface area contributed by atoms with E-state index < -0.39 is 11.6 Å². The van der Waals surface area contributed by atoms with Crippen molar-refractivity contribution in [3.63, 3.8) is 0 Å². The summed E-state index contributed by atoms with van der Waals surface area (Å²) in [6.07, 6.45) is 0. The smallest absolute Gasteiger partial charge is 0.290 e. The summed E-state index contributed by atoms with van der Waals surface area (Å²) in [7, 11) is 0. The Morgan fingerprint density at radius 2 is 2.14 bits per heavy atom. The molecule has 0 bridgehead atoms. The van der Waals surface area contributed by atoms with Crippen LogP contribution in [-0.4, -0.2) is 22.5 Å². The Morgan fingerprint density at radius 3 is 2.93 bits per heavy atom. The molecule has 0 saturated heterocycles. The molecule has 1 aliphatic rings. The fraction of sp³-hybridized carbons (Fsp3) is 0.211. The van der Waals surface area contributed by atoms with Crippen molar-refractivity contribution < 1.29 is 14.3 Å². The number of rotatable bonds is 5. The second kappa shape index (κ2) is 7.35. The first kappa shape index (κ1) is 18.1. The Balaban J connectivity index is 1.51. The van der Waals surface area contributed by atoms with Crippen molar-refractivity contribution in [2.45, 2.75) is 19.5 Å². The highest BCUT2D eigenvalue weighted by Crippen LogP contribution is 2.32. The molecule has 0 radical (unpaired) electrons. The van der Waals surface area contributed by atoms with E-state index in [1.807, 2.05) is 29.6 Å². The number of nitrogens with one attached hydrogen (secondary N) is 1. The number of aromatic nitrogens is 2. The maximum absolute atomic E-state index is 12.6. The van der Waals surface area contributed by atoms with Gasteiger partial charge in [-0.3, -0.25) is 9.59 Å². The number of hydrogen-bond donors (Lipinski definition) is 2. The molecule has 28 heavy (non-hydrogen) atoms. The number of thiophene rings is 1. The van der Waals surface area contributed by atoms with Gasteiger partial charge in [0.25, 0.3) is 5.56 Å². The van der Waals surface area contributed by atoms with Gasteiger partial charge in [-0.1, -0.05) is 12.1 Å². The highest BCUT2D eigenvalue weighted by Gasteiger charge is 2.20. The summed E-state index contributed by atoms with van der Waals surface area (Å²) in [5, 5.41) is 9.06. The number of amides is 1. The second-order valence-corrected chi connectivity index (χ2v) is 7.24. The zero-order valence-electron chi connectivity index (χ0n) is 15.0. The Hall–Kier alpha value is -3.33. The summed E-state index contributed by atoms with van der Waals surface area (Å²) < 4.78 is 11.7. The first-order valence-electron chi connectivity index (χ1n) is 8.62. The molecule has 144 valence electrons. The lowest BCUT2D eigenvalue weighted by Gasteiger charge is -2.15. The number of nitrogen functional groups attached to an aromatic ring is 1. The molecule has 0 fully saturated rings. The molecule has 9 heteroatoms. The highest BCUT2D eigenvalue weighted by molar-refractivity contribution is 7.13. The summed E-state index contributed by atoms with van der Waals surface area (Å²) in [4.78, 5) is 25.9. The lowest BCUT2D eigenvalue weighted by molar-refractivity contribution is -0.124. The van der Waals surface area contributed by atoms with Gasteiger partial charge in [-0.15, -0.1) is 11.3 Å². The fourth-order valence-corrected chi connectivity index (χ4v) is 3.52. The predicted octanol–water partition coefficient (Wildman–Crippen LogP) is 2.16. The van der Waals surface area contributed by atoms with Gasteiger partial charge >= 0.3 is 0 Å². The molecular formula is C19H18N4O4S. The van der Waals surface area contributed by atoms with E-state index in [0.29, 0.717) is 17.2 Å². The molecule has 1 aromatic carbocycles. The van der Waals surface area contributed by atoms with Crippen LogP contribution in [-0.2, 0) is 11.3 Å². The molecule has 0 saturated carbocycles. The van der Waals surface area contributed by atoms with Crippen LogP contribution >= 0.6 is 11.3 Å². The molecule has 8 nitrogen and oxygen atoms in total. The number of fused-ring (bicyclic) bond motifs is 1. The van der Waals surface area contributed by atoms with Gasteiger partial charge in [-0.05, 0) is 42.1 Å². The average Bonchev–Trinajstić information content (AvgIpc) is 3.39. The summed E-state index contributed by atoms with van der Waals surface area (Å²) in [6.45, 7) is 2.09. The van der Waals surface area contributed by atoms with Crippen LogP contribution in [0.1, 0.15) is 18.5 Å². The van der Waals surface area contributed by atoms with E-state index in [1.54, 1.807) is 13.0 Å². The number of anilines is 1. The third-order valence-corrected chi connectivity index (χ3v) is 5.28. The predicted molar refractivity (Wildman–Crippen MR) is 105 cm³/mol. The van der Waals surface area contributed by atoms with Crippen molar-refractivity contribution in [1.29, 1.82) is 0 Å². The lowest BCUT2D eigenvalue weighted by atomic mass is 10.2. The van der Waals surface area contributed by atoms with Crippen LogP contribution in [0.4, 0.5) is 5.69 Å². The van der Waals surface area contributed by atoms with Gasteiger partial charge in [0, 0.05) is 6.54 Å². The molecule has 0 aliphatic carbocycles. The van der Waals surface area contributed by atoms with Crippen molar-refractivity contribution in [1.82, 2.24) is 15.1 Å². The van der Waals surface area contributed by atoms with E-state index in [4.69, 9.17) is 15.2 Å². The first-order chi connectivity index (χ1) is 13.5. The van der Waals surface area contributed by atoms with Crippen LogP contribution < -0.4 is 26.1 Å². The van der Waals surface area contributed by atoms with E-state index in [2.05, 4.69) is 10.4 Å². The molecule has 1 atom stereocenters. The minimum atomic E-state index is -0.816. The molecular weight excluding hydrogens is 380 g/mol. The third-order valence-electron chi connectivity index (χ3n) is 4.39. The van der Waals surface area contributed by atoms with Crippen molar-refractivity contribution in [3.05, 3.63) is 57.7 Å². The lowest BCUT2D eigenvalue weighted by Crippen LogP contribution is -2.37. The van der Waals surface area contributed by atoms with Gasteiger partial charge < -0.3 is 20.5 Å². The van der Waals surface area contributed by atoms with Gasteiger partial charge in [0.15, 0.2) is 11.5 Å². The van der Waals surface area contributed by atoms with Gasteiger partial charge in [0.05, 0.1) is 4.88 Å². The summed E-state index contributed by atoms with van der Waals surface area (Å²) >= 11 is 1.48. The standard InChI is InChI=1S/C19H18N4O4S/c1-11(18(24)21-9-12-4-5-15-16(7-12)27-10-26-15)23-19(25)13(20)8-14(22-23)17-3-2-6-28-17/h2-8,11H,9-10,20H2,1H3,(H,21,24)/t11-/m1/s1. The van der Waals surface area contributed by atoms with E-state index in [9.17, 15) is 9.59 Å². The van der Waals surface area contributed by atoms with Gasteiger partial charge in [-0.25, -0.2) is 4.68 Å². The maximum Gasteiger partial charge on any atom is 0.290 e. The molecule has 0 unspecified atom stereocenters. The number of ether oxygens (including phenoxy) is 2. The number of hydrogen-bond acceptors (Lipinski definition) is 7. The van der Waals surface area contributed by atoms with Crippen LogP contribution in [0.5, 0.6) is 11.5 Å². The molecule has 3 heterocycles. The van der Waals surface area contributed by atoms with Gasteiger partial charge in [0.2, 0.25) is 12.7 Å². The Labute approximate surface area is 164 Å². The van der Waals surface area contributed by atoms with Crippen molar-refractivity contribution >= 4 is 22.9 Å². The van der Waals surface area contributed by atoms with E-state index in [1.165, 1.54) is 17.4 Å². The first-order valence-corrected chi connectivity index (χ1v) is 9.50. The molecule has 0 spiro atoms. The summed E-state index contributed by atoms with van der Waals surface area (Å²) in [5.41, 5.74) is 6.83. The van der Waals surface area contributed by atoms with Crippen LogP contribution in [0, 0.1) is 0 Å².